The molecule has 3 aromatic rings. The summed E-state index contributed by atoms with van der Waals surface area (Å²) in [7, 11) is 1.65. The van der Waals surface area contributed by atoms with Gasteiger partial charge in [0.05, 0.1) is 24.6 Å². The molecule has 186 valence electrons. The highest BCUT2D eigenvalue weighted by molar-refractivity contribution is 5.98. The number of halogens is 2. The first-order chi connectivity index (χ1) is 16.5. The SMILES string of the molecule is COc1cccc2c(CCCCN(CC3CC3)C3=Cc4c(C(N)=O)ccc(F)c4OC3)coc12.Cl. The van der Waals surface area contributed by atoms with Crippen molar-refractivity contribution in [3.8, 4) is 11.5 Å². The van der Waals surface area contributed by atoms with E-state index in [1.807, 2.05) is 24.5 Å². The number of hydrogen-bond acceptors (Lipinski definition) is 5. The maximum absolute atomic E-state index is 14.3. The summed E-state index contributed by atoms with van der Waals surface area (Å²) < 4.78 is 31.2. The molecule has 1 fully saturated rings. The normalized spacial score (nSPS) is 14.5. The number of hydrogen-bond donors (Lipinski definition) is 1. The molecule has 0 spiro atoms. The third kappa shape index (κ3) is 5.25. The maximum Gasteiger partial charge on any atom is 0.249 e. The van der Waals surface area contributed by atoms with Gasteiger partial charge in [-0.25, -0.2) is 4.39 Å². The molecular formula is C27H30ClFN2O4. The highest BCUT2D eigenvalue weighted by Crippen LogP contribution is 2.36. The summed E-state index contributed by atoms with van der Waals surface area (Å²) in [6.45, 7) is 2.09. The topological polar surface area (TPSA) is 77.9 Å². The number of para-hydroxylation sites is 1. The highest BCUT2D eigenvalue weighted by Gasteiger charge is 2.28. The summed E-state index contributed by atoms with van der Waals surface area (Å²) in [6.07, 6.45) is 9.05. The number of benzene rings is 2. The largest absolute Gasteiger partial charge is 0.493 e. The predicted molar refractivity (Wildman–Crippen MR) is 136 cm³/mol. The number of carbonyl (C=O) groups is 1. The van der Waals surface area contributed by atoms with Crippen LogP contribution in [0, 0.1) is 11.7 Å². The summed E-state index contributed by atoms with van der Waals surface area (Å²) in [5, 5.41) is 1.09. The van der Waals surface area contributed by atoms with Crippen molar-refractivity contribution in [1.82, 2.24) is 4.90 Å². The monoisotopic (exact) mass is 500 g/mol. The number of nitrogens with two attached hydrogens (primary N) is 1. The number of fused-ring (bicyclic) bond motifs is 2. The third-order valence-corrected chi connectivity index (χ3v) is 6.66. The minimum Gasteiger partial charge on any atom is -0.493 e. The Labute approximate surface area is 210 Å². The molecule has 35 heavy (non-hydrogen) atoms. The lowest BCUT2D eigenvalue weighted by molar-refractivity contribution is 0.0999. The standard InChI is InChI=1S/C27H29FN2O4.ClH/c1-32-24-7-4-6-20-18(15-33-26(20)24)5-2-3-12-30(14-17-8-9-17)19-13-22-21(27(29)31)10-11-23(28)25(22)34-16-19;/h4,6-7,10-11,13,15,17H,2-3,5,8-9,12,14,16H2,1H3,(H2,29,31);1H. The van der Waals surface area contributed by atoms with Crippen LogP contribution in [0.4, 0.5) is 4.39 Å². The van der Waals surface area contributed by atoms with Crippen molar-refractivity contribution in [2.24, 2.45) is 11.7 Å². The zero-order valence-corrected chi connectivity index (χ0v) is 20.5. The molecule has 0 bridgehead atoms. The number of nitrogens with zero attached hydrogens (tertiary/aromatic N) is 1. The van der Waals surface area contributed by atoms with Crippen LogP contribution in [-0.4, -0.2) is 37.6 Å². The van der Waals surface area contributed by atoms with Crippen LogP contribution in [0.2, 0.25) is 0 Å². The smallest absolute Gasteiger partial charge is 0.249 e. The molecule has 2 aliphatic rings. The Hall–Kier alpha value is -3.19. The van der Waals surface area contributed by atoms with Crippen LogP contribution in [0.25, 0.3) is 17.0 Å². The number of methoxy groups -OCH3 is 1. The van der Waals surface area contributed by atoms with E-state index in [4.69, 9.17) is 19.6 Å². The average molecular weight is 501 g/mol. The van der Waals surface area contributed by atoms with Crippen molar-refractivity contribution in [2.45, 2.75) is 32.1 Å². The van der Waals surface area contributed by atoms with Gasteiger partial charge in [0.2, 0.25) is 5.91 Å². The van der Waals surface area contributed by atoms with E-state index >= 15 is 0 Å². The zero-order chi connectivity index (χ0) is 23.7. The van der Waals surface area contributed by atoms with Gasteiger partial charge in [0.25, 0.3) is 0 Å². The van der Waals surface area contributed by atoms with Crippen molar-refractivity contribution in [2.75, 3.05) is 26.8 Å². The summed E-state index contributed by atoms with van der Waals surface area (Å²) in [6, 6.07) is 8.60. The summed E-state index contributed by atoms with van der Waals surface area (Å²) in [5.74, 6) is 0.461. The van der Waals surface area contributed by atoms with Gasteiger partial charge in [-0.1, -0.05) is 12.1 Å². The highest BCUT2D eigenvalue weighted by atomic mass is 35.5. The molecule has 0 saturated heterocycles. The maximum atomic E-state index is 14.3. The Balaban J connectivity index is 0.00000289. The zero-order valence-electron chi connectivity index (χ0n) is 19.7. The van der Waals surface area contributed by atoms with Crippen molar-refractivity contribution in [1.29, 1.82) is 0 Å². The summed E-state index contributed by atoms with van der Waals surface area (Å²) >= 11 is 0. The lowest BCUT2D eigenvalue weighted by Crippen LogP contribution is -2.31. The molecule has 0 radical (unpaired) electrons. The van der Waals surface area contributed by atoms with E-state index in [-0.39, 0.29) is 30.3 Å². The van der Waals surface area contributed by atoms with Crippen LogP contribution in [0.15, 0.2) is 46.7 Å². The number of ether oxygens (including phenoxy) is 2. The van der Waals surface area contributed by atoms with Gasteiger partial charge in [0.15, 0.2) is 22.9 Å². The molecule has 0 atom stereocenters. The van der Waals surface area contributed by atoms with E-state index < -0.39 is 11.7 Å². The van der Waals surface area contributed by atoms with Crippen molar-refractivity contribution < 1.29 is 23.1 Å². The predicted octanol–water partition coefficient (Wildman–Crippen LogP) is 5.57. The average Bonchev–Trinajstić information content (AvgIpc) is 3.57. The summed E-state index contributed by atoms with van der Waals surface area (Å²) in [5.41, 5.74) is 9.18. The third-order valence-electron chi connectivity index (χ3n) is 6.66. The summed E-state index contributed by atoms with van der Waals surface area (Å²) in [4.78, 5) is 14.2. The molecule has 2 N–H and O–H groups in total. The van der Waals surface area contributed by atoms with Gasteiger partial charge in [-0.3, -0.25) is 4.79 Å². The molecule has 1 amide bonds. The Bertz CT molecular complexity index is 1250. The number of unbranched alkanes of at least 4 members (excludes halogenated alkanes) is 1. The molecular weight excluding hydrogens is 471 g/mol. The molecule has 6 nitrogen and oxygen atoms in total. The van der Waals surface area contributed by atoms with E-state index in [0.717, 1.165) is 54.8 Å². The van der Waals surface area contributed by atoms with Crippen LogP contribution in [0.3, 0.4) is 0 Å². The van der Waals surface area contributed by atoms with Gasteiger partial charge in [-0.2, -0.15) is 0 Å². The number of rotatable bonds is 10. The Morgan fingerprint density at radius 2 is 2.06 bits per heavy atom. The molecule has 0 unspecified atom stereocenters. The molecule has 1 saturated carbocycles. The second-order valence-electron chi connectivity index (χ2n) is 9.07. The number of aryl methyl sites for hydroxylation is 1. The van der Waals surface area contributed by atoms with Crippen LogP contribution in [0.1, 0.15) is 47.2 Å². The van der Waals surface area contributed by atoms with E-state index in [2.05, 4.69) is 11.0 Å². The molecule has 1 aliphatic heterocycles. The van der Waals surface area contributed by atoms with E-state index in [1.54, 1.807) is 7.11 Å². The second kappa shape index (κ2) is 10.6. The fourth-order valence-electron chi connectivity index (χ4n) is 4.64. The quantitative estimate of drug-likeness (QED) is 0.368. The first-order valence-electron chi connectivity index (χ1n) is 11.8. The molecule has 5 rings (SSSR count). The van der Waals surface area contributed by atoms with Gasteiger partial charge >= 0.3 is 0 Å². The van der Waals surface area contributed by atoms with Gasteiger partial charge in [0, 0.05) is 24.0 Å². The van der Waals surface area contributed by atoms with Crippen LogP contribution >= 0.6 is 12.4 Å². The first kappa shape index (κ1) is 24.9. The second-order valence-corrected chi connectivity index (χ2v) is 9.07. The molecule has 2 aromatic carbocycles. The van der Waals surface area contributed by atoms with Crippen molar-refractivity contribution >= 4 is 35.4 Å². The Morgan fingerprint density at radius 1 is 1.23 bits per heavy atom. The van der Waals surface area contributed by atoms with Crippen LogP contribution in [-0.2, 0) is 6.42 Å². The Morgan fingerprint density at radius 3 is 2.80 bits per heavy atom. The number of carbonyl (C=O) groups excluding carboxylic acids is 1. The number of furan rings is 1. The molecule has 8 heteroatoms. The van der Waals surface area contributed by atoms with Gasteiger partial charge in [-0.05, 0) is 67.9 Å². The number of primary amides is 1. The Kier molecular flexibility index (Phi) is 7.55. The molecule has 2 heterocycles. The fraction of sp³-hybridized carbons (Fsp3) is 0.370. The van der Waals surface area contributed by atoms with Crippen LogP contribution in [0.5, 0.6) is 11.5 Å². The van der Waals surface area contributed by atoms with Gasteiger partial charge in [-0.15, -0.1) is 12.4 Å². The lowest BCUT2D eigenvalue weighted by Gasteiger charge is -2.31. The van der Waals surface area contributed by atoms with Crippen molar-refractivity contribution in [3.63, 3.8) is 0 Å². The van der Waals surface area contributed by atoms with Gasteiger partial charge < -0.3 is 24.5 Å². The van der Waals surface area contributed by atoms with Crippen LogP contribution < -0.4 is 15.2 Å². The molecule has 1 aliphatic carbocycles. The first-order valence-corrected chi connectivity index (χ1v) is 11.8. The number of amides is 1. The van der Waals surface area contributed by atoms with Gasteiger partial charge in [0.1, 0.15) is 6.61 Å². The minimum atomic E-state index is -0.588. The molecule has 1 aromatic heterocycles. The lowest BCUT2D eigenvalue weighted by atomic mass is 10.0. The van der Waals surface area contributed by atoms with E-state index in [1.165, 1.54) is 30.5 Å². The fourth-order valence-corrected chi connectivity index (χ4v) is 4.64. The minimum absolute atomic E-state index is 0. The van der Waals surface area contributed by atoms with Crippen molar-refractivity contribution in [3.05, 3.63) is 64.8 Å². The van der Waals surface area contributed by atoms with E-state index in [9.17, 15) is 9.18 Å². The van der Waals surface area contributed by atoms with E-state index in [0.29, 0.717) is 11.5 Å².